The minimum atomic E-state index is -0.857. The van der Waals surface area contributed by atoms with Gasteiger partial charge in [-0.2, -0.15) is 0 Å². The molecule has 1 saturated heterocycles. The Balaban J connectivity index is 1.41. The molecule has 1 fully saturated rings. The van der Waals surface area contributed by atoms with E-state index in [1.165, 1.54) is 15.7 Å². The molecule has 2 N–H and O–H groups in total. The molecule has 30 heavy (non-hydrogen) atoms. The Kier molecular flexibility index (Phi) is 4.14. The summed E-state index contributed by atoms with van der Waals surface area (Å²) >= 11 is 0. The predicted octanol–water partition coefficient (Wildman–Crippen LogP) is 0.788. The summed E-state index contributed by atoms with van der Waals surface area (Å²) in [4.78, 5) is 39.3. The number of nitrogens with one attached hydrogen (secondary N) is 1. The highest BCUT2D eigenvalue weighted by Gasteiger charge is 2.39. The van der Waals surface area contributed by atoms with Gasteiger partial charge in [0.05, 0.1) is 13.2 Å². The molecule has 3 aromatic rings. The Hall–Kier alpha value is -3.59. The van der Waals surface area contributed by atoms with Gasteiger partial charge < -0.3 is 29.2 Å². The smallest absolute Gasteiger partial charge is 0.276 e. The number of rotatable bonds is 3. The Morgan fingerprint density at radius 3 is 2.97 bits per heavy atom. The molecule has 0 saturated carbocycles. The SMILES string of the molecule is Cn1ccc2cc(CNC(=O)c3cn4c(c(O)c3=O)C(=O)N3CCOC3C4)ccc21. The van der Waals surface area contributed by atoms with Gasteiger partial charge in [0.25, 0.3) is 11.8 Å². The van der Waals surface area contributed by atoms with Crippen molar-refractivity contribution in [2.75, 3.05) is 13.2 Å². The van der Waals surface area contributed by atoms with E-state index in [1.807, 2.05) is 42.1 Å². The minimum absolute atomic E-state index is 0.104. The third kappa shape index (κ3) is 2.78. The van der Waals surface area contributed by atoms with E-state index in [0.29, 0.717) is 13.2 Å². The molecular weight excluding hydrogens is 388 g/mol. The molecular formula is C21H20N4O5. The van der Waals surface area contributed by atoms with Crippen molar-refractivity contribution >= 4 is 22.7 Å². The largest absolute Gasteiger partial charge is 0.503 e. The van der Waals surface area contributed by atoms with Gasteiger partial charge in [-0.05, 0) is 29.1 Å². The van der Waals surface area contributed by atoms with Gasteiger partial charge in [-0.15, -0.1) is 0 Å². The zero-order valence-corrected chi connectivity index (χ0v) is 16.3. The van der Waals surface area contributed by atoms with Crippen molar-refractivity contribution in [3.05, 3.63) is 63.7 Å². The van der Waals surface area contributed by atoms with Gasteiger partial charge in [0.1, 0.15) is 5.56 Å². The number of ether oxygens (including phenoxy) is 1. The number of aromatic hydroxyl groups is 1. The number of pyridine rings is 1. The lowest BCUT2D eigenvalue weighted by molar-refractivity contribution is 0.00845. The lowest BCUT2D eigenvalue weighted by atomic mass is 10.1. The van der Waals surface area contributed by atoms with Crippen LogP contribution in [0, 0.1) is 0 Å². The van der Waals surface area contributed by atoms with Gasteiger partial charge in [0.2, 0.25) is 5.43 Å². The Morgan fingerprint density at radius 1 is 1.30 bits per heavy atom. The molecule has 5 rings (SSSR count). The van der Waals surface area contributed by atoms with E-state index in [4.69, 9.17) is 4.74 Å². The van der Waals surface area contributed by atoms with Crippen LogP contribution in [0.1, 0.15) is 26.4 Å². The number of fused-ring (bicyclic) bond motifs is 3. The summed E-state index contributed by atoms with van der Waals surface area (Å²) in [5, 5.41) is 14.1. The average Bonchev–Trinajstić information content (AvgIpc) is 3.35. The summed E-state index contributed by atoms with van der Waals surface area (Å²) in [5.41, 5.74) is 0.790. The van der Waals surface area contributed by atoms with Crippen molar-refractivity contribution in [3.63, 3.8) is 0 Å². The molecule has 2 aliphatic heterocycles. The third-order valence-electron chi connectivity index (χ3n) is 5.71. The van der Waals surface area contributed by atoms with Gasteiger partial charge in [-0.1, -0.05) is 6.07 Å². The lowest BCUT2D eigenvalue weighted by Crippen LogP contribution is -2.46. The van der Waals surface area contributed by atoms with Crippen LogP contribution < -0.4 is 10.7 Å². The summed E-state index contributed by atoms with van der Waals surface area (Å²) in [5.74, 6) is -1.79. The third-order valence-corrected chi connectivity index (χ3v) is 5.71. The van der Waals surface area contributed by atoms with E-state index >= 15 is 0 Å². The highest BCUT2D eigenvalue weighted by molar-refractivity contribution is 5.99. The molecule has 0 bridgehead atoms. The van der Waals surface area contributed by atoms with E-state index in [1.54, 1.807) is 0 Å². The molecule has 2 aromatic heterocycles. The van der Waals surface area contributed by atoms with Gasteiger partial charge in [0.15, 0.2) is 17.7 Å². The van der Waals surface area contributed by atoms with E-state index in [0.717, 1.165) is 16.5 Å². The monoisotopic (exact) mass is 408 g/mol. The molecule has 9 nitrogen and oxygen atoms in total. The summed E-state index contributed by atoms with van der Waals surface area (Å²) in [7, 11) is 1.96. The summed E-state index contributed by atoms with van der Waals surface area (Å²) in [6.07, 6.45) is 2.82. The van der Waals surface area contributed by atoms with Crippen LogP contribution in [0.15, 0.2) is 41.5 Å². The molecule has 1 unspecified atom stereocenters. The Bertz CT molecular complexity index is 1260. The van der Waals surface area contributed by atoms with Crippen molar-refractivity contribution in [1.29, 1.82) is 0 Å². The quantitative estimate of drug-likeness (QED) is 0.667. The molecule has 2 amide bonds. The first-order valence-electron chi connectivity index (χ1n) is 9.65. The lowest BCUT2D eigenvalue weighted by Gasteiger charge is -2.31. The zero-order chi connectivity index (χ0) is 21.0. The first-order valence-corrected chi connectivity index (χ1v) is 9.65. The molecule has 154 valence electrons. The minimum Gasteiger partial charge on any atom is -0.503 e. The number of carbonyl (C=O) groups excluding carboxylic acids is 2. The van der Waals surface area contributed by atoms with E-state index in [9.17, 15) is 19.5 Å². The van der Waals surface area contributed by atoms with Crippen LogP contribution in [-0.2, 0) is 24.9 Å². The zero-order valence-electron chi connectivity index (χ0n) is 16.3. The van der Waals surface area contributed by atoms with Crippen molar-refractivity contribution in [2.24, 2.45) is 7.05 Å². The van der Waals surface area contributed by atoms with Gasteiger partial charge in [-0.3, -0.25) is 14.4 Å². The molecule has 2 aliphatic rings. The maximum Gasteiger partial charge on any atom is 0.276 e. The molecule has 9 heteroatoms. The first-order chi connectivity index (χ1) is 14.4. The second kappa shape index (κ2) is 6.74. The normalized spacial score (nSPS) is 17.8. The van der Waals surface area contributed by atoms with Gasteiger partial charge >= 0.3 is 0 Å². The second-order valence-corrected chi connectivity index (χ2v) is 7.55. The van der Waals surface area contributed by atoms with Crippen LogP contribution in [0.4, 0.5) is 0 Å². The number of carbonyl (C=O) groups is 2. The summed E-state index contributed by atoms with van der Waals surface area (Å²) in [6.45, 7) is 1.28. The number of benzene rings is 1. The van der Waals surface area contributed by atoms with Crippen molar-refractivity contribution in [2.45, 2.75) is 19.3 Å². The fourth-order valence-corrected chi connectivity index (χ4v) is 4.11. The molecule has 1 atom stereocenters. The van der Waals surface area contributed by atoms with E-state index < -0.39 is 29.2 Å². The van der Waals surface area contributed by atoms with Crippen molar-refractivity contribution in [1.82, 2.24) is 19.4 Å². The predicted molar refractivity (Wildman–Crippen MR) is 107 cm³/mol. The number of amides is 2. The highest BCUT2D eigenvalue weighted by atomic mass is 16.5. The number of hydrogen-bond donors (Lipinski definition) is 2. The van der Waals surface area contributed by atoms with Crippen molar-refractivity contribution in [3.8, 4) is 5.75 Å². The molecule has 0 aliphatic carbocycles. The maximum absolute atomic E-state index is 12.7. The van der Waals surface area contributed by atoms with Crippen LogP contribution in [-0.4, -0.2) is 50.3 Å². The Labute approximate surface area is 171 Å². The van der Waals surface area contributed by atoms with Crippen LogP contribution in [0.3, 0.4) is 0 Å². The van der Waals surface area contributed by atoms with Gasteiger partial charge in [0, 0.05) is 38.0 Å². The van der Waals surface area contributed by atoms with Gasteiger partial charge in [-0.25, -0.2) is 0 Å². The molecule has 4 heterocycles. The van der Waals surface area contributed by atoms with E-state index in [2.05, 4.69) is 5.32 Å². The summed E-state index contributed by atoms with van der Waals surface area (Å²) < 4.78 is 8.95. The number of hydrogen-bond acceptors (Lipinski definition) is 5. The molecule has 1 aromatic carbocycles. The molecule has 0 spiro atoms. The molecule has 0 radical (unpaired) electrons. The number of aryl methyl sites for hydroxylation is 1. The summed E-state index contributed by atoms with van der Waals surface area (Å²) in [6, 6.07) is 7.83. The topological polar surface area (TPSA) is 106 Å². The van der Waals surface area contributed by atoms with E-state index in [-0.39, 0.29) is 24.3 Å². The fraction of sp³-hybridized carbons (Fsp3) is 0.286. The Morgan fingerprint density at radius 2 is 2.13 bits per heavy atom. The number of aromatic nitrogens is 2. The fourth-order valence-electron chi connectivity index (χ4n) is 4.11. The van der Waals surface area contributed by atoms with Crippen LogP contribution in [0.2, 0.25) is 0 Å². The highest BCUT2D eigenvalue weighted by Crippen LogP contribution is 2.26. The number of nitrogens with zero attached hydrogens (tertiary/aromatic N) is 3. The van der Waals surface area contributed by atoms with Crippen LogP contribution in [0.5, 0.6) is 5.75 Å². The maximum atomic E-state index is 12.7. The second-order valence-electron chi connectivity index (χ2n) is 7.55. The standard InChI is InChI=1S/C21H20N4O5/c1-23-5-4-13-8-12(2-3-15(13)23)9-22-20(28)14-10-24-11-16-25(6-7-30-16)21(29)17(24)19(27)18(14)26/h2-5,8,10,16,27H,6-7,9,11H2,1H3,(H,22,28). The van der Waals surface area contributed by atoms with Crippen LogP contribution >= 0.6 is 0 Å². The average molecular weight is 408 g/mol. The first kappa shape index (κ1) is 18.4. The van der Waals surface area contributed by atoms with Crippen molar-refractivity contribution < 1.29 is 19.4 Å². The van der Waals surface area contributed by atoms with Crippen LogP contribution in [0.25, 0.3) is 10.9 Å².